The molecule has 0 atom stereocenters. The van der Waals surface area contributed by atoms with Crippen molar-refractivity contribution in [3.05, 3.63) is 282 Å². The lowest BCUT2D eigenvalue weighted by Gasteiger charge is -2.33. The standard InChI is InChI=1S/C74H59N3O/c1-72(2,3)52-29-37-55(38-30-52)76(54-33-25-50(26-34-54)48-17-9-7-10-18-48)58-41-42-61-65(45-58)74(63-23-15-13-21-59(63)60-22-14-16-24-64(60)74)66-46-67(70-62-47-75-44-43-68(62)78-71(70)69(61)66)77(57-39-31-53(32-40-57)73(4,5)6)56-35-27-51(28-36-56)49-19-11-8-12-20-49/h7-47H,1-6H3. The molecule has 14 rings (SSSR count). The molecule has 4 heteroatoms. The first kappa shape index (κ1) is 47.2. The average molecular weight is 1010 g/mol. The van der Waals surface area contributed by atoms with Crippen LogP contribution in [-0.2, 0) is 16.2 Å². The second kappa shape index (κ2) is 17.9. The molecule has 78 heavy (non-hydrogen) atoms. The summed E-state index contributed by atoms with van der Waals surface area (Å²) in [5.74, 6) is 0. The van der Waals surface area contributed by atoms with Crippen molar-refractivity contribution in [3.63, 3.8) is 0 Å². The zero-order chi connectivity index (χ0) is 52.9. The van der Waals surface area contributed by atoms with Crippen molar-refractivity contribution in [1.29, 1.82) is 0 Å². The molecule has 2 aliphatic rings. The summed E-state index contributed by atoms with van der Waals surface area (Å²) in [6.07, 6.45) is 3.83. The number of hydrogen-bond acceptors (Lipinski definition) is 4. The van der Waals surface area contributed by atoms with E-state index >= 15 is 0 Å². The normalized spacial score (nSPS) is 13.1. The van der Waals surface area contributed by atoms with Gasteiger partial charge in [0.25, 0.3) is 0 Å². The largest absolute Gasteiger partial charge is 0.455 e. The summed E-state index contributed by atoms with van der Waals surface area (Å²) in [4.78, 5) is 9.66. The Morgan fingerprint density at radius 3 is 1.35 bits per heavy atom. The number of fused-ring (bicyclic) bond motifs is 14. The topological polar surface area (TPSA) is 32.5 Å². The lowest BCUT2D eigenvalue weighted by Crippen LogP contribution is -2.26. The van der Waals surface area contributed by atoms with Crippen molar-refractivity contribution in [1.82, 2.24) is 4.98 Å². The average Bonchev–Trinajstić information content (AvgIpc) is 4.26. The zero-order valence-corrected chi connectivity index (χ0v) is 44.9. The van der Waals surface area contributed by atoms with Crippen LogP contribution in [-0.4, -0.2) is 4.98 Å². The third-order valence-corrected chi connectivity index (χ3v) is 16.5. The SMILES string of the molecule is CC(C)(C)c1ccc(N(c2ccc(-c3ccccc3)cc2)c2ccc3c(c2)C2(c4ccccc4-c4ccccc42)c2cc(N(c4ccc(-c5ccccc5)cc4)c4ccc(C(C)(C)C)cc4)c4c(oc5ccncc54)c2-3)cc1. The van der Waals surface area contributed by atoms with E-state index in [4.69, 9.17) is 9.40 Å². The molecule has 0 aliphatic heterocycles. The molecule has 12 aromatic rings. The highest BCUT2D eigenvalue weighted by atomic mass is 16.3. The van der Waals surface area contributed by atoms with Gasteiger partial charge in [0, 0.05) is 51.8 Å². The van der Waals surface area contributed by atoms with Gasteiger partial charge in [-0.25, -0.2) is 0 Å². The van der Waals surface area contributed by atoms with E-state index in [2.05, 4.69) is 282 Å². The van der Waals surface area contributed by atoms with Gasteiger partial charge in [0.1, 0.15) is 11.2 Å². The van der Waals surface area contributed by atoms with E-state index in [1.54, 1.807) is 0 Å². The van der Waals surface area contributed by atoms with E-state index in [0.29, 0.717) is 0 Å². The molecule has 0 amide bonds. The van der Waals surface area contributed by atoms with Crippen LogP contribution in [0.3, 0.4) is 0 Å². The van der Waals surface area contributed by atoms with Gasteiger partial charge in [0.05, 0.1) is 16.5 Å². The molecule has 0 bridgehead atoms. The number of rotatable bonds is 8. The summed E-state index contributed by atoms with van der Waals surface area (Å²) < 4.78 is 7.36. The molecule has 0 saturated heterocycles. The first-order valence-electron chi connectivity index (χ1n) is 27.3. The fourth-order valence-corrected chi connectivity index (χ4v) is 12.6. The number of aromatic nitrogens is 1. The molecule has 0 saturated carbocycles. The van der Waals surface area contributed by atoms with Crippen LogP contribution in [0.15, 0.2) is 253 Å². The molecule has 0 unspecified atom stereocenters. The Balaban J connectivity index is 1.06. The third kappa shape index (κ3) is 7.45. The van der Waals surface area contributed by atoms with Gasteiger partial charge in [-0.15, -0.1) is 0 Å². The Labute approximate surface area is 457 Å². The number of furan rings is 1. The quantitative estimate of drug-likeness (QED) is 0.152. The lowest BCUT2D eigenvalue weighted by atomic mass is 9.70. The van der Waals surface area contributed by atoms with E-state index in [1.807, 2.05) is 18.5 Å². The fourth-order valence-electron chi connectivity index (χ4n) is 12.6. The van der Waals surface area contributed by atoms with Crippen molar-refractivity contribution in [2.45, 2.75) is 57.8 Å². The Hall–Kier alpha value is -9.25. The van der Waals surface area contributed by atoms with Gasteiger partial charge < -0.3 is 14.2 Å². The van der Waals surface area contributed by atoms with Crippen LogP contribution in [0.5, 0.6) is 0 Å². The minimum Gasteiger partial charge on any atom is -0.455 e. The zero-order valence-electron chi connectivity index (χ0n) is 44.9. The van der Waals surface area contributed by atoms with Crippen molar-refractivity contribution >= 4 is 56.1 Å². The number of anilines is 6. The van der Waals surface area contributed by atoms with Crippen LogP contribution in [0.1, 0.15) is 74.9 Å². The Kier molecular flexibility index (Phi) is 10.9. The highest BCUT2D eigenvalue weighted by molar-refractivity contribution is 6.19. The van der Waals surface area contributed by atoms with Gasteiger partial charge in [-0.3, -0.25) is 4.98 Å². The highest BCUT2D eigenvalue weighted by Gasteiger charge is 2.53. The smallest absolute Gasteiger partial charge is 0.145 e. The fraction of sp³-hybridized carbons (Fsp3) is 0.122. The van der Waals surface area contributed by atoms with E-state index < -0.39 is 5.41 Å². The number of hydrogen-bond donors (Lipinski definition) is 0. The predicted molar refractivity (Wildman–Crippen MR) is 325 cm³/mol. The molecule has 4 nitrogen and oxygen atoms in total. The highest BCUT2D eigenvalue weighted by Crippen LogP contribution is 2.66. The number of nitrogens with zero attached hydrogens (tertiary/aromatic N) is 3. The van der Waals surface area contributed by atoms with Crippen LogP contribution >= 0.6 is 0 Å². The summed E-state index contributed by atoms with van der Waals surface area (Å²) >= 11 is 0. The van der Waals surface area contributed by atoms with E-state index in [-0.39, 0.29) is 10.8 Å². The van der Waals surface area contributed by atoms with Gasteiger partial charge in [-0.05, 0) is 156 Å². The van der Waals surface area contributed by atoms with Gasteiger partial charge >= 0.3 is 0 Å². The van der Waals surface area contributed by atoms with Gasteiger partial charge in [0.2, 0.25) is 0 Å². The Morgan fingerprint density at radius 1 is 0.385 bits per heavy atom. The molecule has 2 heterocycles. The summed E-state index contributed by atoms with van der Waals surface area (Å²) in [5, 5.41) is 1.99. The molecule has 2 aliphatic carbocycles. The van der Waals surface area contributed by atoms with Crippen LogP contribution in [0.25, 0.3) is 66.4 Å². The lowest BCUT2D eigenvalue weighted by molar-refractivity contribution is 0.590. The molecule has 0 N–H and O–H groups in total. The van der Waals surface area contributed by atoms with Crippen LogP contribution in [0.2, 0.25) is 0 Å². The van der Waals surface area contributed by atoms with Crippen LogP contribution in [0, 0.1) is 0 Å². The van der Waals surface area contributed by atoms with Crippen molar-refractivity contribution in [2.75, 3.05) is 9.80 Å². The molecule has 376 valence electrons. The monoisotopic (exact) mass is 1010 g/mol. The van der Waals surface area contributed by atoms with E-state index in [1.165, 1.54) is 61.2 Å². The number of pyridine rings is 1. The maximum atomic E-state index is 7.36. The van der Waals surface area contributed by atoms with Crippen LogP contribution in [0.4, 0.5) is 34.1 Å². The van der Waals surface area contributed by atoms with E-state index in [9.17, 15) is 0 Å². The second-order valence-corrected chi connectivity index (χ2v) is 23.2. The maximum absolute atomic E-state index is 7.36. The van der Waals surface area contributed by atoms with Crippen LogP contribution < -0.4 is 9.80 Å². The van der Waals surface area contributed by atoms with Crippen molar-refractivity contribution in [2.24, 2.45) is 0 Å². The molecule has 10 aromatic carbocycles. The summed E-state index contributed by atoms with van der Waals surface area (Å²) in [6.45, 7) is 13.7. The molecular weight excluding hydrogens is 947 g/mol. The first-order chi connectivity index (χ1) is 37.9. The molecular formula is C74H59N3O. The summed E-state index contributed by atoms with van der Waals surface area (Å²) in [5.41, 5.74) is 24.2. The van der Waals surface area contributed by atoms with Crippen molar-refractivity contribution in [3.8, 4) is 44.5 Å². The van der Waals surface area contributed by atoms with Gasteiger partial charge in [0.15, 0.2) is 0 Å². The maximum Gasteiger partial charge on any atom is 0.145 e. The minimum absolute atomic E-state index is 0.00362. The number of benzene rings is 10. The minimum atomic E-state index is -0.730. The summed E-state index contributed by atoms with van der Waals surface area (Å²) in [6, 6.07) is 87.5. The van der Waals surface area contributed by atoms with E-state index in [0.717, 1.165) is 72.8 Å². The second-order valence-electron chi connectivity index (χ2n) is 23.2. The molecule has 1 spiro atoms. The third-order valence-electron chi connectivity index (χ3n) is 16.5. The molecule has 0 radical (unpaired) electrons. The predicted octanol–water partition coefficient (Wildman–Crippen LogP) is 20.2. The molecule has 2 aromatic heterocycles. The Bertz CT molecular complexity index is 4190. The van der Waals surface area contributed by atoms with Gasteiger partial charge in [-0.1, -0.05) is 205 Å². The van der Waals surface area contributed by atoms with Crippen molar-refractivity contribution < 1.29 is 4.42 Å². The van der Waals surface area contributed by atoms with Gasteiger partial charge in [-0.2, -0.15) is 0 Å². The first-order valence-corrected chi connectivity index (χ1v) is 27.3. The summed E-state index contributed by atoms with van der Waals surface area (Å²) in [7, 11) is 0. The Morgan fingerprint density at radius 2 is 0.833 bits per heavy atom. The molecule has 0 fully saturated rings.